The van der Waals surface area contributed by atoms with Gasteiger partial charge in [0.25, 0.3) is 0 Å². The lowest BCUT2D eigenvalue weighted by Crippen LogP contribution is -2.41. The number of hydrogen-bond donors (Lipinski definition) is 2. The van der Waals surface area contributed by atoms with Crippen molar-refractivity contribution in [1.82, 2.24) is 20.6 Å². The van der Waals surface area contributed by atoms with Crippen molar-refractivity contribution in [3.05, 3.63) is 53.0 Å². The monoisotopic (exact) mass is 456 g/mol. The van der Waals surface area contributed by atoms with Crippen LogP contribution in [0, 0.1) is 0 Å². The van der Waals surface area contributed by atoms with E-state index >= 15 is 0 Å². The highest BCUT2D eigenvalue weighted by molar-refractivity contribution is 9.10. The predicted molar refractivity (Wildman–Crippen MR) is 113 cm³/mol. The molecule has 2 aromatic carbocycles. The predicted octanol–water partition coefficient (Wildman–Crippen LogP) is 4.14. The van der Waals surface area contributed by atoms with Crippen molar-refractivity contribution in [2.45, 2.75) is 23.9 Å². The minimum atomic E-state index is -0.434. The van der Waals surface area contributed by atoms with E-state index in [0.29, 0.717) is 10.9 Å². The Balaban J connectivity index is 1.54. The van der Waals surface area contributed by atoms with E-state index < -0.39 is 6.03 Å². The number of aromatic nitrogens is 2. The van der Waals surface area contributed by atoms with Crippen molar-refractivity contribution in [3.63, 3.8) is 0 Å². The van der Waals surface area contributed by atoms with Crippen LogP contribution in [0.25, 0.3) is 22.3 Å². The van der Waals surface area contributed by atoms with Crippen LogP contribution in [0.4, 0.5) is 4.79 Å². The minimum Gasteiger partial charge on any atom is -0.335 e. The maximum Gasteiger partial charge on any atom is 0.321 e. The summed E-state index contributed by atoms with van der Waals surface area (Å²) < 4.78 is 0.979. The first-order valence-electron chi connectivity index (χ1n) is 8.84. The third-order valence-corrected chi connectivity index (χ3v) is 5.70. The smallest absolute Gasteiger partial charge is 0.321 e. The number of rotatable bonds is 5. The van der Waals surface area contributed by atoms with Crippen LogP contribution in [-0.2, 0) is 4.79 Å². The Morgan fingerprint density at radius 1 is 1.07 bits per heavy atom. The molecule has 1 aromatic heterocycles. The highest BCUT2D eigenvalue weighted by atomic mass is 79.9. The van der Waals surface area contributed by atoms with Gasteiger partial charge >= 0.3 is 6.03 Å². The number of benzene rings is 2. The molecule has 4 rings (SSSR count). The Morgan fingerprint density at radius 3 is 2.57 bits per heavy atom. The molecule has 0 atom stereocenters. The number of thioether (sulfide) groups is 1. The Morgan fingerprint density at radius 2 is 1.82 bits per heavy atom. The van der Waals surface area contributed by atoms with E-state index in [2.05, 4.69) is 36.5 Å². The van der Waals surface area contributed by atoms with E-state index in [4.69, 9.17) is 0 Å². The van der Waals surface area contributed by atoms with Crippen LogP contribution in [0.3, 0.4) is 0 Å². The molecule has 1 fully saturated rings. The van der Waals surface area contributed by atoms with Crippen LogP contribution in [0.1, 0.15) is 12.8 Å². The molecule has 1 heterocycles. The molecule has 1 saturated carbocycles. The van der Waals surface area contributed by atoms with Gasteiger partial charge in [0.1, 0.15) is 5.03 Å². The third kappa shape index (κ3) is 4.69. The zero-order valence-corrected chi connectivity index (χ0v) is 17.2. The summed E-state index contributed by atoms with van der Waals surface area (Å²) in [5.74, 6) is 0.343. The SMILES string of the molecule is O=C(CSc1nc(-c2ccc(Br)cc2)nc2ccccc12)NC(=O)NC1CC1. The molecule has 0 bridgehead atoms. The van der Waals surface area contributed by atoms with E-state index in [9.17, 15) is 9.59 Å². The lowest BCUT2D eigenvalue weighted by molar-refractivity contribution is -0.117. The fourth-order valence-corrected chi connectivity index (χ4v) is 3.71. The molecular weight excluding hydrogens is 440 g/mol. The quantitative estimate of drug-likeness (QED) is 0.445. The minimum absolute atomic E-state index is 0.0961. The van der Waals surface area contributed by atoms with Crippen LogP contribution in [0.2, 0.25) is 0 Å². The second-order valence-electron chi connectivity index (χ2n) is 6.46. The van der Waals surface area contributed by atoms with Crippen LogP contribution >= 0.6 is 27.7 Å². The fourth-order valence-electron chi connectivity index (χ4n) is 2.63. The lowest BCUT2D eigenvalue weighted by atomic mass is 10.2. The zero-order valence-electron chi connectivity index (χ0n) is 14.8. The van der Waals surface area contributed by atoms with Gasteiger partial charge in [-0.25, -0.2) is 14.8 Å². The van der Waals surface area contributed by atoms with Crippen LogP contribution in [-0.4, -0.2) is 33.7 Å². The van der Waals surface area contributed by atoms with E-state index in [-0.39, 0.29) is 17.7 Å². The molecule has 8 heteroatoms. The summed E-state index contributed by atoms with van der Waals surface area (Å²) in [6.45, 7) is 0. The maximum atomic E-state index is 12.1. The topological polar surface area (TPSA) is 84.0 Å². The Hall–Kier alpha value is -2.45. The molecule has 142 valence electrons. The number of carbonyl (C=O) groups is 2. The van der Waals surface area contributed by atoms with Gasteiger partial charge < -0.3 is 5.32 Å². The summed E-state index contributed by atoms with van der Waals surface area (Å²) in [7, 11) is 0. The summed E-state index contributed by atoms with van der Waals surface area (Å²) in [5, 5.41) is 6.69. The van der Waals surface area contributed by atoms with Gasteiger partial charge in [-0.3, -0.25) is 10.1 Å². The number of carbonyl (C=O) groups excluding carboxylic acids is 2. The number of fused-ring (bicyclic) bond motifs is 1. The maximum absolute atomic E-state index is 12.1. The van der Waals surface area contributed by atoms with Gasteiger partial charge in [0, 0.05) is 21.5 Å². The van der Waals surface area contributed by atoms with Crippen molar-refractivity contribution >= 4 is 50.5 Å². The van der Waals surface area contributed by atoms with Crippen molar-refractivity contribution in [2.24, 2.45) is 0 Å². The summed E-state index contributed by atoms with van der Waals surface area (Å²) in [4.78, 5) is 33.1. The van der Waals surface area contributed by atoms with Gasteiger partial charge in [-0.1, -0.05) is 58.0 Å². The van der Waals surface area contributed by atoms with Gasteiger partial charge in [-0.2, -0.15) is 0 Å². The van der Waals surface area contributed by atoms with E-state index in [1.165, 1.54) is 11.8 Å². The molecule has 0 aliphatic heterocycles. The number of hydrogen-bond acceptors (Lipinski definition) is 5. The number of para-hydroxylation sites is 1. The van der Waals surface area contributed by atoms with Crippen LogP contribution in [0.5, 0.6) is 0 Å². The van der Waals surface area contributed by atoms with Crippen LogP contribution in [0.15, 0.2) is 58.0 Å². The standard InChI is InChI=1S/C20H17BrN4O2S/c21-13-7-5-12(6-8-13)18-23-16-4-2-1-3-15(16)19(25-18)28-11-17(26)24-20(27)22-14-9-10-14/h1-8,14H,9-11H2,(H2,22,24,26,27). The number of nitrogens with one attached hydrogen (secondary N) is 2. The molecule has 6 nitrogen and oxygen atoms in total. The summed E-state index contributed by atoms with van der Waals surface area (Å²) in [5.41, 5.74) is 1.70. The third-order valence-electron chi connectivity index (χ3n) is 4.18. The van der Waals surface area contributed by atoms with Crippen molar-refractivity contribution in [2.75, 3.05) is 5.75 Å². The highest BCUT2D eigenvalue weighted by Gasteiger charge is 2.24. The molecule has 3 aromatic rings. The van der Waals surface area contributed by atoms with Crippen molar-refractivity contribution < 1.29 is 9.59 Å². The Bertz CT molecular complexity index is 1040. The van der Waals surface area contributed by atoms with E-state index in [1.54, 1.807) is 0 Å². The van der Waals surface area contributed by atoms with E-state index in [1.807, 2.05) is 48.5 Å². The first-order valence-corrected chi connectivity index (χ1v) is 10.6. The summed E-state index contributed by atoms with van der Waals surface area (Å²) >= 11 is 4.72. The number of amides is 3. The Labute approximate surface area is 174 Å². The fraction of sp³-hybridized carbons (Fsp3) is 0.200. The molecule has 0 spiro atoms. The number of imide groups is 1. The van der Waals surface area contributed by atoms with E-state index in [0.717, 1.165) is 33.8 Å². The second kappa shape index (κ2) is 8.28. The van der Waals surface area contributed by atoms with Gasteiger partial charge in [0.05, 0.1) is 11.3 Å². The number of halogens is 1. The molecule has 28 heavy (non-hydrogen) atoms. The highest BCUT2D eigenvalue weighted by Crippen LogP contribution is 2.28. The molecule has 1 aliphatic rings. The van der Waals surface area contributed by atoms with Crippen molar-refractivity contribution in [3.8, 4) is 11.4 Å². The molecule has 3 amide bonds. The molecule has 0 saturated heterocycles. The Kier molecular flexibility index (Phi) is 5.59. The van der Waals surface area contributed by atoms with Gasteiger partial charge in [0.2, 0.25) is 5.91 Å². The molecule has 1 aliphatic carbocycles. The largest absolute Gasteiger partial charge is 0.335 e. The average Bonchev–Trinajstić information content (AvgIpc) is 3.50. The molecule has 0 radical (unpaired) electrons. The number of nitrogens with zero attached hydrogens (tertiary/aromatic N) is 2. The molecule has 0 unspecified atom stereocenters. The second-order valence-corrected chi connectivity index (χ2v) is 8.34. The zero-order chi connectivity index (χ0) is 19.5. The van der Waals surface area contributed by atoms with Gasteiger partial charge in [-0.05, 0) is 31.0 Å². The van der Waals surface area contributed by atoms with Crippen LogP contribution < -0.4 is 10.6 Å². The number of urea groups is 1. The van der Waals surface area contributed by atoms with Gasteiger partial charge in [-0.15, -0.1) is 0 Å². The average molecular weight is 457 g/mol. The first-order chi connectivity index (χ1) is 13.6. The van der Waals surface area contributed by atoms with Gasteiger partial charge in [0.15, 0.2) is 5.82 Å². The lowest BCUT2D eigenvalue weighted by Gasteiger charge is -2.09. The summed E-state index contributed by atoms with van der Waals surface area (Å²) in [6, 6.07) is 15.2. The molecular formula is C20H17BrN4O2S. The van der Waals surface area contributed by atoms with Crippen molar-refractivity contribution in [1.29, 1.82) is 0 Å². The first kappa shape index (κ1) is 18.9. The normalized spacial score (nSPS) is 13.3. The summed E-state index contributed by atoms with van der Waals surface area (Å²) in [6.07, 6.45) is 1.95. The molecule has 2 N–H and O–H groups in total.